The number of ether oxygens (including phenoxy) is 3. The maximum atomic E-state index is 13.2. The number of carbonyl (C=O) groups is 1. The number of carbonyl (C=O) groups excluding carboxylic acids is 1. The molecule has 2 aromatic heterocycles. The predicted octanol–water partition coefficient (Wildman–Crippen LogP) is 2.43. The highest BCUT2D eigenvalue weighted by molar-refractivity contribution is 7.92. The summed E-state index contributed by atoms with van der Waals surface area (Å²) >= 11 is 0. The van der Waals surface area contributed by atoms with Crippen LogP contribution in [0.4, 0.5) is 5.69 Å². The van der Waals surface area contributed by atoms with Crippen LogP contribution in [-0.4, -0.2) is 51.9 Å². The fraction of sp³-hybridized carbons (Fsp3) is 0.300. The standard InChI is InChI=1S/C20H23N3O6S/c1-12-14(15-10-13(27-2)6-7-16(15)21-12)11-19(24)23(30(5,25)26)17-8-9-18(28-3)22-20(17)29-4/h6-10,21H,11H2,1-5H3. The maximum Gasteiger partial charge on any atom is 0.245 e. The number of benzene rings is 1. The SMILES string of the molecule is COc1ccc2[nH]c(C)c(CC(=O)N(c3ccc(OC)nc3OC)S(C)(=O)=O)c2c1. The van der Waals surface area contributed by atoms with E-state index in [4.69, 9.17) is 14.2 Å². The maximum absolute atomic E-state index is 13.2. The number of pyridine rings is 1. The zero-order valence-corrected chi connectivity index (χ0v) is 18.2. The second-order valence-electron chi connectivity index (χ2n) is 6.62. The van der Waals surface area contributed by atoms with Gasteiger partial charge in [0.2, 0.25) is 27.7 Å². The summed E-state index contributed by atoms with van der Waals surface area (Å²) in [6.07, 6.45) is 0.806. The summed E-state index contributed by atoms with van der Waals surface area (Å²) in [6, 6.07) is 8.35. The van der Waals surface area contributed by atoms with Gasteiger partial charge in [-0.2, -0.15) is 4.98 Å². The van der Waals surface area contributed by atoms with E-state index in [0.717, 1.165) is 22.9 Å². The molecule has 1 aromatic carbocycles. The number of aryl methyl sites for hydroxylation is 1. The van der Waals surface area contributed by atoms with Gasteiger partial charge in [0, 0.05) is 22.7 Å². The van der Waals surface area contributed by atoms with Gasteiger partial charge in [0.05, 0.1) is 34.0 Å². The lowest BCUT2D eigenvalue weighted by Crippen LogP contribution is -2.37. The molecule has 30 heavy (non-hydrogen) atoms. The second kappa shape index (κ2) is 8.23. The van der Waals surface area contributed by atoms with Gasteiger partial charge in [0.15, 0.2) is 0 Å². The smallest absolute Gasteiger partial charge is 0.245 e. The summed E-state index contributed by atoms with van der Waals surface area (Å²) in [5.74, 6) is 0.187. The van der Waals surface area contributed by atoms with Crippen LogP contribution in [-0.2, 0) is 21.2 Å². The molecule has 3 aromatic rings. The predicted molar refractivity (Wildman–Crippen MR) is 113 cm³/mol. The van der Waals surface area contributed by atoms with Crippen molar-refractivity contribution in [3.63, 3.8) is 0 Å². The zero-order chi connectivity index (χ0) is 22.1. The lowest BCUT2D eigenvalue weighted by molar-refractivity contribution is -0.116. The molecule has 3 rings (SSSR count). The number of aromatic amines is 1. The first-order valence-corrected chi connectivity index (χ1v) is 10.8. The number of rotatable bonds is 7. The lowest BCUT2D eigenvalue weighted by atomic mass is 10.1. The van der Waals surface area contributed by atoms with Crippen molar-refractivity contribution in [2.75, 3.05) is 31.9 Å². The Labute approximate surface area is 174 Å². The minimum atomic E-state index is -3.96. The van der Waals surface area contributed by atoms with Gasteiger partial charge in [-0.15, -0.1) is 0 Å². The van der Waals surface area contributed by atoms with E-state index in [1.54, 1.807) is 13.2 Å². The largest absolute Gasteiger partial charge is 0.497 e. The van der Waals surface area contributed by atoms with Crippen LogP contribution in [0.3, 0.4) is 0 Å². The van der Waals surface area contributed by atoms with E-state index in [1.807, 2.05) is 19.1 Å². The number of aromatic nitrogens is 2. The molecule has 0 unspecified atom stereocenters. The molecule has 160 valence electrons. The van der Waals surface area contributed by atoms with Crippen molar-refractivity contribution >= 4 is 32.5 Å². The lowest BCUT2D eigenvalue weighted by Gasteiger charge is -2.22. The van der Waals surface area contributed by atoms with Gasteiger partial charge in [0.1, 0.15) is 11.4 Å². The monoisotopic (exact) mass is 433 g/mol. The van der Waals surface area contributed by atoms with E-state index in [9.17, 15) is 13.2 Å². The molecule has 0 radical (unpaired) electrons. The van der Waals surface area contributed by atoms with Crippen molar-refractivity contribution in [2.24, 2.45) is 0 Å². The zero-order valence-electron chi connectivity index (χ0n) is 17.3. The molecular weight excluding hydrogens is 410 g/mol. The van der Waals surface area contributed by atoms with E-state index < -0.39 is 15.9 Å². The topological polar surface area (TPSA) is 111 Å². The Balaban J connectivity index is 2.07. The molecule has 0 aliphatic carbocycles. The van der Waals surface area contributed by atoms with E-state index in [2.05, 4.69) is 9.97 Å². The Morgan fingerprint density at radius 2 is 1.83 bits per heavy atom. The minimum Gasteiger partial charge on any atom is -0.497 e. The van der Waals surface area contributed by atoms with Crippen molar-refractivity contribution in [3.05, 3.63) is 41.6 Å². The summed E-state index contributed by atoms with van der Waals surface area (Å²) in [5, 5.41) is 0.786. The van der Waals surface area contributed by atoms with E-state index in [-0.39, 0.29) is 23.9 Å². The molecule has 0 fully saturated rings. The Kier molecular flexibility index (Phi) is 5.88. The fourth-order valence-corrected chi connectivity index (χ4v) is 4.20. The van der Waals surface area contributed by atoms with Gasteiger partial charge < -0.3 is 19.2 Å². The number of hydrogen-bond acceptors (Lipinski definition) is 7. The Bertz CT molecular complexity index is 1200. The summed E-state index contributed by atoms with van der Waals surface area (Å²) in [4.78, 5) is 20.5. The molecule has 1 amide bonds. The van der Waals surface area contributed by atoms with Crippen molar-refractivity contribution in [1.29, 1.82) is 0 Å². The summed E-state index contributed by atoms with van der Waals surface area (Å²) in [6.45, 7) is 1.83. The Morgan fingerprint density at radius 3 is 2.43 bits per heavy atom. The molecule has 0 aliphatic heterocycles. The molecule has 0 saturated carbocycles. The second-order valence-corrected chi connectivity index (χ2v) is 8.45. The Morgan fingerprint density at radius 1 is 1.10 bits per heavy atom. The highest BCUT2D eigenvalue weighted by Gasteiger charge is 2.30. The van der Waals surface area contributed by atoms with Crippen LogP contribution >= 0.6 is 0 Å². The van der Waals surface area contributed by atoms with Gasteiger partial charge in [-0.3, -0.25) is 4.79 Å². The number of amides is 1. The molecule has 9 nitrogen and oxygen atoms in total. The number of methoxy groups -OCH3 is 3. The number of nitrogens with zero attached hydrogens (tertiary/aromatic N) is 2. The van der Waals surface area contributed by atoms with Crippen molar-refractivity contribution in [1.82, 2.24) is 9.97 Å². The first-order valence-electron chi connectivity index (χ1n) is 8.97. The average Bonchev–Trinajstić information content (AvgIpc) is 3.01. The quantitative estimate of drug-likeness (QED) is 0.609. The number of H-pyrrole nitrogens is 1. The average molecular weight is 433 g/mol. The third-order valence-electron chi connectivity index (χ3n) is 4.65. The van der Waals surface area contributed by atoms with Crippen molar-refractivity contribution in [3.8, 4) is 17.5 Å². The van der Waals surface area contributed by atoms with Crippen LogP contribution in [0.25, 0.3) is 10.9 Å². The number of sulfonamides is 1. The molecule has 10 heteroatoms. The third kappa shape index (κ3) is 4.04. The molecular formula is C20H23N3O6S. The minimum absolute atomic E-state index is 0.0147. The summed E-state index contributed by atoms with van der Waals surface area (Å²) < 4.78 is 41.3. The van der Waals surface area contributed by atoms with Gasteiger partial charge in [-0.25, -0.2) is 12.7 Å². The van der Waals surface area contributed by atoms with Gasteiger partial charge in [-0.1, -0.05) is 0 Å². The number of nitrogens with one attached hydrogen (secondary N) is 1. The van der Waals surface area contributed by atoms with Crippen molar-refractivity contribution in [2.45, 2.75) is 13.3 Å². The van der Waals surface area contributed by atoms with E-state index >= 15 is 0 Å². The van der Waals surface area contributed by atoms with Crippen LogP contribution < -0.4 is 18.5 Å². The van der Waals surface area contributed by atoms with Crippen LogP contribution in [0.1, 0.15) is 11.3 Å². The molecule has 0 saturated heterocycles. The first-order chi connectivity index (χ1) is 14.2. The molecule has 0 spiro atoms. The molecule has 0 bridgehead atoms. The van der Waals surface area contributed by atoms with Gasteiger partial charge >= 0.3 is 0 Å². The number of anilines is 1. The van der Waals surface area contributed by atoms with E-state index in [1.165, 1.54) is 26.4 Å². The Hall–Kier alpha value is -3.27. The normalized spacial score (nSPS) is 11.4. The molecule has 2 heterocycles. The fourth-order valence-electron chi connectivity index (χ4n) is 3.27. The summed E-state index contributed by atoms with van der Waals surface area (Å²) in [5.41, 5.74) is 2.29. The van der Waals surface area contributed by atoms with Crippen LogP contribution in [0.15, 0.2) is 30.3 Å². The number of hydrogen-bond donors (Lipinski definition) is 1. The molecule has 0 aliphatic rings. The van der Waals surface area contributed by atoms with E-state index in [0.29, 0.717) is 15.6 Å². The summed E-state index contributed by atoms with van der Waals surface area (Å²) in [7, 11) is 0.357. The highest BCUT2D eigenvalue weighted by Crippen LogP contribution is 2.32. The number of fused-ring (bicyclic) bond motifs is 1. The van der Waals surface area contributed by atoms with Crippen molar-refractivity contribution < 1.29 is 27.4 Å². The third-order valence-corrected chi connectivity index (χ3v) is 5.71. The van der Waals surface area contributed by atoms with Gasteiger partial charge in [0.25, 0.3) is 0 Å². The van der Waals surface area contributed by atoms with Crippen LogP contribution in [0.2, 0.25) is 0 Å². The first kappa shape index (κ1) is 21.4. The highest BCUT2D eigenvalue weighted by atomic mass is 32.2. The van der Waals surface area contributed by atoms with Gasteiger partial charge in [-0.05, 0) is 36.8 Å². The van der Waals surface area contributed by atoms with Crippen LogP contribution in [0, 0.1) is 6.92 Å². The molecule has 0 atom stereocenters. The molecule has 1 N–H and O–H groups in total. The van der Waals surface area contributed by atoms with Crippen LogP contribution in [0.5, 0.6) is 17.5 Å².